The first kappa shape index (κ1) is 15.8. The highest BCUT2D eigenvalue weighted by atomic mass is 16.5. The van der Waals surface area contributed by atoms with Crippen molar-refractivity contribution in [1.29, 1.82) is 0 Å². The van der Waals surface area contributed by atoms with E-state index in [1.54, 1.807) is 0 Å². The van der Waals surface area contributed by atoms with Gasteiger partial charge in [-0.15, -0.1) is 0 Å². The average Bonchev–Trinajstić information content (AvgIpc) is 2.47. The van der Waals surface area contributed by atoms with Gasteiger partial charge in [-0.25, -0.2) is 0 Å². The average molecular weight is 282 g/mol. The standard InChI is InChI=1S/C16H30N2O2/c1-12-7-8-13(17)11-15(12)16(19)18-9-10-20-14-5-3-2-4-6-14/h12-15H,2-11,17H2,1H3,(H,18,19). The molecule has 0 aliphatic heterocycles. The number of hydrogen-bond acceptors (Lipinski definition) is 3. The minimum absolute atomic E-state index is 0.0911. The number of hydrogen-bond donors (Lipinski definition) is 2. The number of nitrogens with two attached hydrogens (primary N) is 1. The van der Waals surface area contributed by atoms with Gasteiger partial charge in [0.2, 0.25) is 5.91 Å². The van der Waals surface area contributed by atoms with Gasteiger partial charge in [0, 0.05) is 18.5 Å². The van der Waals surface area contributed by atoms with Crippen molar-refractivity contribution in [3.8, 4) is 0 Å². The zero-order valence-electron chi connectivity index (χ0n) is 12.8. The van der Waals surface area contributed by atoms with Crippen LogP contribution >= 0.6 is 0 Å². The van der Waals surface area contributed by atoms with Crippen LogP contribution < -0.4 is 11.1 Å². The van der Waals surface area contributed by atoms with E-state index in [1.165, 1.54) is 32.1 Å². The minimum Gasteiger partial charge on any atom is -0.376 e. The van der Waals surface area contributed by atoms with Gasteiger partial charge in [0.15, 0.2) is 0 Å². The first-order valence-corrected chi connectivity index (χ1v) is 8.31. The highest BCUT2D eigenvalue weighted by Crippen LogP contribution is 2.29. The third kappa shape index (κ3) is 4.74. The maximum Gasteiger partial charge on any atom is 0.223 e. The Bertz CT molecular complexity index is 303. The lowest BCUT2D eigenvalue weighted by molar-refractivity contribution is -0.128. The smallest absolute Gasteiger partial charge is 0.223 e. The maximum atomic E-state index is 12.2. The molecule has 20 heavy (non-hydrogen) atoms. The first-order valence-electron chi connectivity index (χ1n) is 8.31. The molecular formula is C16H30N2O2. The summed E-state index contributed by atoms with van der Waals surface area (Å²) in [5, 5.41) is 3.02. The van der Waals surface area contributed by atoms with E-state index >= 15 is 0 Å². The van der Waals surface area contributed by atoms with Gasteiger partial charge in [0.1, 0.15) is 0 Å². The number of amides is 1. The number of ether oxygens (including phenoxy) is 1. The Morgan fingerprint density at radius 1 is 1.20 bits per heavy atom. The van der Waals surface area contributed by atoms with Crippen LogP contribution in [0, 0.1) is 11.8 Å². The third-order valence-electron chi connectivity index (χ3n) is 4.88. The quantitative estimate of drug-likeness (QED) is 0.760. The zero-order chi connectivity index (χ0) is 14.4. The van der Waals surface area contributed by atoms with Crippen LogP contribution in [-0.4, -0.2) is 31.2 Å². The van der Waals surface area contributed by atoms with Gasteiger partial charge in [-0.3, -0.25) is 4.79 Å². The topological polar surface area (TPSA) is 64.4 Å². The fourth-order valence-electron chi connectivity index (χ4n) is 3.48. The molecule has 3 atom stereocenters. The van der Waals surface area contributed by atoms with Crippen LogP contribution in [0.3, 0.4) is 0 Å². The van der Waals surface area contributed by atoms with Crippen LogP contribution in [0.5, 0.6) is 0 Å². The Balaban J connectivity index is 1.61. The molecule has 2 rings (SSSR count). The number of rotatable bonds is 5. The van der Waals surface area contributed by atoms with Gasteiger partial charge in [-0.05, 0) is 38.0 Å². The van der Waals surface area contributed by atoms with Crippen LogP contribution in [0.4, 0.5) is 0 Å². The normalized spacial score (nSPS) is 32.0. The van der Waals surface area contributed by atoms with E-state index in [0.29, 0.717) is 25.2 Å². The Kier molecular flexibility index (Phi) is 6.30. The molecular weight excluding hydrogens is 252 g/mol. The Hall–Kier alpha value is -0.610. The van der Waals surface area contributed by atoms with Gasteiger partial charge in [-0.1, -0.05) is 26.2 Å². The Labute approximate surface area is 122 Å². The molecule has 116 valence electrons. The molecule has 4 nitrogen and oxygen atoms in total. The van der Waals surface area contributed by atoms with E-state index in [9.17, 15) is 4.79 Å². The van der Waals surface area contributed by atoms with E-state index in [1.807, 2.05) is 0 Å². The van der Waals surface area contributed by atoms with E-state index < -0.39 is 0 Å². The second-order valence-electron chi connectivity index (χ2n) is 6.58. The molecule has 0 radical (unpaired) electrons. The van der Waals surface area contributed by atoms with Gasteiger partial charge in [0.25, 0.3) is 0 Å². The summed E-state index contributed by atoms with van der Waals surface area (Å²) in [7, 11) is 0. The summed E-state index contributed by atoms with van der Waals surface area (Å²) in [6.07, 6.45) is 9.65. The molecule has 0 aromatic carbocycles. The third-order valence-corrected chi connectivity index (χ3v) is 4.88. The molecule has 0 heterocycles. The van der Waals surface area contributed by atoms with Crippen molar-refractivity contribution in [1.82, 2.24) is 5.32 Å². The molecule has 2 aliphatic carbocycles. The van der Waals surface area contributed by atoms with Gasteiger partial charge in [-0.2, -0.15) is 0 Å². The van der Waals surface area contributed by atoms with Crippen molar-refractivity contribution in [2.24, 2.45) is 17.6 Å². The summed E-state index contributed by atoms with van der Waals surface area (Å²) in [5.74, 6) is 0.711. The Morgan fingerprint density at radius 3 is 2.70 bits per heavy atom. The fourth-order valence-corrected chi connectivity index (χ4v) is 3.48. The van der Waals surface area contributed by atoms with Gasteiger partial charge in [0.05, 0.1) is 12.7 Å². The summed E-state index contributed by atoms with van der Waals surface area (Å²) >= 11 is 0. The summed E-state index contributed by atoms with van der Waals surface area (Å²) < 4.78 is 5.83. The molecule has 0 aromatic rings. The predicted molar refractivity (Wildman–Crippen MR) is 80.3 cm³/mol. The van der Waals surface area contributed by atoms with Crippen LogP contribution in [0.15, 0.2) is 0 Å². The number of carbonyl (C=O) groups is 1. The lowest BCUT2D eigenvalue weighted by atomic mass is 9.78. The predicted octanol–water partition coefficient (Wildman–Crippen LogP) is 2.22. The van der Waals surface area contributed by atoms with E-state index in [2.05, 4.69) is 12.2 Å². The minimum atomic E-state index is 0.0911. The molecule has 0 saturated heterocycles. The van der Waals surface area contributed by atoms with E-state index in [4.69, 9.17) is 10.5 Å². The van der Waals surface area contributed by atoms with E-state index in [0.717, 1.165) is 19.3 Å². The molecule has 4 heteroatoms. The van der Waals surface area contributed by atoms with Crippen molar-refractivity contribution in [2.75, 3.05) is 13.2 Å². The zero-order valence-corrected chi connectivity index (χ0v) is 12.8. The second kappa shape index (κ2) is 7.99. The molecule has 0 aromatic heterocycles. The van der Waals surface area contributed by atoms with Crippen LogP contribution in [0.1, 0.15) is 58.3 Å². The number of carbonyl (C=O) groups excluding carboxylic acids is 1. The van der Waals surface area contributed by atoms with Crippen molar-refractivity contribution in [2.45, 2.75) is 70.4 Å². The lowest BCUT2D eigenvalue weighted by Crippen LogP contribution is -2.42. The lowest BCUT2D eigenvalue weighted by Gasteiger charge is -2.31. The molecule has 0 spiro atoms. The van der Waals surface area contributed by atoms with Crippen LogP contribution in [0.25, 0.3) is 0 Å². The summed E-state index contributed by atoms with van der Waals surface area (Å²) in [5.41, 5.74) is 5.97. The molecule has 3 N–H and O–H groups in total. The van der Waals surface area contributed by atoms with E-state index in [-0.39, 0.29) is 17.9 Å². The monoisotopic (exact) mass is 282 g/mol. The second-order valence-corrected chi connectivity index (χ2v) is 6.58. The molecule has 2 aliphatic rings. The molecule has 0 bridgehead atoms. The number of nitrogens with one attached hydrogen (secondary N) is 1. The van der Waals surface area contributed by atoms with Crippen molar-refractivity contribution < 1.29 is 9.53 Å². The van der Waals surface area contributed by atoms with Crippen molar-refractivity contribution in [3.63, 3.8) is 0 Å². The largest absolute Gasteiger partial charge is 0.376 e. The van der Waals surface area contributed by atoms with Crippen LogP contribution in [0.2, 0.25) is 0 Å². The van der Waals surface area contributed by atoms with Gasteiger partial charge < -0.3 is 15.8 Å². The van der Waals surface area contributed by atoms with Crippen molar-refractivity contribution in [3.05, 3.63) is 0 Å². The summed E-state index contributed by atoms with van der Waals surface area (Å²) in [4.78, 5) is 12.2. The molecule has 3 unspecified atom stereocenters. The highest BCUT2D eigenvalue weighted by Gasteiger charge is 2.30. The molecule has 2 saturated carbocycles. The maximum absolute atomic E-state index is 12.2. The van der Waals surface area contributed by atoms with Gasteiger partial charge >= 0.3 is 0 Å². The molecule has 2 fully saturated rings. The van der Waals surface area contributed by atoms with Crippen molar-refractivity contribution >= 4 is 5.91 Å². The Morgan fingerprint density at radius 2 is 1.95 bits per heavy atom. The SMILES string of the molecule is CC1CCC(N)CC1C(=O)NCCOC1CCCCC1. The molecule has 1 amide bonds. The summed E-state index contributed by atoms with van der Waals surface area (Å²) in [6, 6.07) is 0.195. The highest BCUT2D eigenvalue weighted by molar-refractivity contribution is 5.79. The first-order chi connectivity index (χ1) is 9.66. The van der Waals surface area contributed by atoms with Crippen LogP contribution in [-0.2, 0) is 9.53 Å². The summed E-state index contributed by atoms with van der Waals surface area (Å²) in [6.45, 7) is 3.44. The fraction of sp³-hybridized carbons (Fsp3) is 0.938.